The molecule has 1 aliphatic carbocycles. The van der Waals surface area contributed by atoms with Crippen LogP contribution in [-0.2, 0) is 0 Å². The lowest BCUT2D eigenvalue weighted by atomic mass is 9.83. The Labute approximate surface area is 110 Å². The molecule has 0 saturated heterocycles. The summed E-state index contributed by atoms with van der Waals surface area (Å²) in [6.45, 7) is 6.80. The Bertz CT molecular complexity index is 362. The minimum Gasteiger partial charge on any atom is -0.352 e. The van der Waals surface area contributed by atoms with Gasteiger partial charge in [-0.25, -0.2) is 4.98 Å². The van der Waals surface area contributed by atoms with Crippen LogP contribution in [0.25, 0.3) is 0 Å². The SMILES string of the molecule is C=CCNc1nccn1C1CCC(CCC)CC1. The normalized spacial score (nSPS) is 23.8. The highest BCUT2D eigenvalue weighted by Gasteiger charge is 2.22. The smallest absolute Gasteiger partial charge is 0.203 e. The molecule has 3 nitrogen and oxygen atoms in total. The monoisotopic (exact) mass is 247 g/mol. The molecule has 1 fully saturated rings. The van der Waals surface area contributed by atoms with E-state index in [-0.39, 0.29) is 0 Å². The van der Waals surface area contributed by atoms with Crippen molar-refractivity contribution in [3.8, 4) is 0 Å². The molecule has 0 aromatic carbocycles. The molecule has 3 heteroatoms. The van der Waals surface area contributed by atoms with Gasteiger partial charge in [-0.3, -0.25) is 0 Å². The highest BCUT2D eigenvalue weighted by molar-refractivity contribution is 5.27. The number of imidazole rings is 1. The van der Waals surface area contributed by atoms with Gasteiger partial charge in [-0.2, -0.15) is 0 Å². The van der Waals surface area contributed by atoms with Crippen LogP contribution >= 0.6 is 0 Å². The molecule has 1 heterocycles. The number of hydrogen-bond acceptors (Lipinski definition) is 2. The first kappa shape index (κ1) is 13.2. The molecule has 1 aliphatic rings. The van der Waals surface area contributed by atoms with Crippen LogP contribution in [0, 0.1) is 5.92 Å². The Hall–Kier alpha value is -1.25. The van der Waals surface area contributed by atoms with Crippen LogP contribution in [0.3, 0.4) is 0 Å². The summed E-state index contributed by atoms with van der Waals surface area (Å²) in [5, 5.41) is 3.31. The lowest BCUT2D eigenvalue weighted by molar-refractivity contribution is 0.264. The van der Waals surface area contributed by atoms with E-state index in [0.29, 0.717) is 6.04 Å². The van der Waals surface area contributed by atoms with E-state index in [1.165, 1.54) is 38.5 Å². The third kappa shape index (κ3) is 3.15. The lowest BCUT2D eigenvalue weighted by Crippen LogP contribution is -2.19. The highest BCUT2D eigenvalue weighted by atomic mass is 15.2. The zero-order valence-corrected chi connectivity index (χ0v) is 11.4. The zero-order chi connectivity index (χ0) is 12.8. The van der Waals surface area contributed by atoms with E-state index in [9.17, 15) is 0 Å². The fourth-order valence-electron chi connectivity index (χ4n) is 3.03. The maximum Gasteiger partial charge on any atom is 0.203 e. The topological polar surface area (TPSA) is 29.9 Å². The summed E-state index contributed by atoms with van der Waals surface area (Å²) in [7, 11) is 0. The van der Waals surface area contributed by atoms with Crippen LogP contribution in [0.15, 0.2) is 25.0 Å². The highest BCUT2D eigenvalue weighted by Crippen LogP contribution is 2.35. The molecule has 0 radical (unpaired) electrons. The van der Waals surface area contributed by atoms with Crippen molar-refractivity contribution in [1.29, 1.82) is 0 Å². The van der Waals surface area contributed by atoms with Crippen molar-refractivity contribution in [2.75, 3.05) is 11.9 Å². The lowest BCUT2D eigenvalue weighted by Gasteiger charge is -2.30. The molecule has 100 valence electrons. The first-order valence-electron chi connectivity index (χ1n) is 7.22. The second-order valence-corrected chi connectivity index (χ2v) is 5.29. The van der Waals surface area contributed by atoms with Gasteiger partial charge in [0.25, 0.3) is 0 Å². The molecule has 0 unspecified atom stereocenters. The van der Waals surface area contributed by atoms with Gasteiger partial charge >= 0.3 is 0 Å². The first-order valence-corrected chi connectivity index (χ1v) is 7.22. The molecular weight excluding hydrogens is 222 g/mol. The minimum atomic E-state index is 0.632. The first-order chi connectivity index (χ1) is 8.85. The molecule has 0 atom stereocenters. The summed E-state index contributed by atoms with van der Waals surface area (Å²) in [6, 6.07) is 0.632. The molecule has 1 N–H and O–H groups in total. The largest absolute Gasteiger partial charge is 0.352 e. The van der Waals surface area contributed by atoms with Crippen molar-refractivity contribution >= 4 is 5.95 Å². The minimum absolute atomic E-state index is 0.632. The van der Waals surface area contributed by atoms with Crippen molar-refractivity contribution in [2.24, 2.45) is 5.92 Å². The van der Waals surface area contributed by atoms with Crippen molar-refractivity contribution in [3.05, 3.63) is 25.0 Å². The summed E-state index contributed by atoms with van der Waals surface area (Å²) in [6.07, 6.45) is 13.9. The quantitative estimate of drug-likeness (QED) is 0.770. The van der Waals surface area contributed by atoms with E-state index < -0.39 is 0 Å². The summed E-state index contributed by atoms with van der Waals surface area (Å²) >= 11 is 0. The van der Waals surface area contributed by atoms with E-state index in [1.807, 2.05) is 12.3 Å². The van der Waals surface area contributed by atoms with Gasteiger partial charge in [0.1, 0.15) is 0 Å². The van der Waals surface area contributed by atoms with Gasteiger partial charge in [0, 0.05) is 25.0 Å². The second kappa shape index (κ2) is 6.62. The maximum atomic E-state index is 4.39. The Morgan fingerprint density at radius 2 is 2.22 bits per heavy atom. The summed E-state index contributed by atoms with van der Waals surface area (Å²) in [5.74, 6) is 1.95. The van der Waals surface area contributed by atoms with Crippen LogP contribution < -0.4 is 5.32 Å². The van der Waals surface area contributed by atoms with E-state index in [2.05, 4.69) is 34.6 Å². The van der Waals surface area contributed by atoms with Crippen molar-refractivity contribution in [1.82, 2.24) is 9.55 Å². The van der Waals surface area contributed by atoms with E-state index in [0.717, 1.165) is 18.4 Å². The predicted molar refractivity (Wildman–Crippen MR) is 76.8 cm³/mol. The van der Waals surface area contributed by atoms with E-state index >= 15 is 0 Å². The molecular formula is C15H25N3. The van der Waals surface area contributed by atoms with Crippen LogP contribution in [0.4, 0.5) is 5.95 Å². The number of nitrogens with one attached hydrogen (secondary N) is 1. The molecule has 18 heavy (non-hydrogen) atoms. The van der Waals surface area contributed by atoms with Gasteiger partial charge in [0.05, 0.1) is 0 Å². The van der Waals surface area contributed by atoms with Gasteiger partial charge in [0.2, 0.25) is 5.95 Å². The molecule has 1 aromatic rings. The molecule has 0 aliphatic heterocycles. The standard InChI is InChI=1S/C15H25N3/c1-3-5-13-6-8-14(9-7-13)18-12-11-17-15(18)16-10-4-2/h4,11-14H,2-3,5-10H2,1H3,(H,16,17). The van der Waals surface area contributed by atoms with Gasteiger partial charge in [-0.05, 0) is 31.6 Å². The van der Waals surface area contributed by atoms with Crippen molar-refractivity contribution < 1.29 is 0 Å². The Morgan fingerprint density at radius 3 is 2.89 bits per heavy atom. The Kier molecular flexibility index (Phi) is 4.85. The number of rotatable bonds is 6. The van der Waals surface area contributed by atoms with Crippen LogP contribution in [0.2, 0.25) is 0 Å². The number of anilines is 1. The van der Waals surface area contributed by atoms with Crippen molar-refractivity contribution in [2.45, 2.75) is 51.5 Å². The van der Waals surface area contributed by atoms with Crippen LogP contribution in [0.1, 0.15) is 51.5 Å². The van der Waals surface area contributed by atoms with Gasteiger partial charge < -0.3 is 9.88 Å². The number of aromatic nitrogens is 2. The average molecular weight is 247 g/mol. The molecule has 0 amide bonds. The molecule has 0 bridgehead atoms. The second-order valence-electron chi connectivity index (χ2n) is 5.29. The van der Waals surface area contributed by atoms with Crippen molar-refractivity contribution in [3.63, 3.8) is 0 Å². The van der Waals surface area contributed by atoms with E-state index in [4.69, 9.17) is 0 Å². The third-order valence-corrected chi connectivity index (χ3v) is 3.98. The summed E-state index contributed by atoms with van der Waals surface area (Å²) in [5.41, 5.74) is 0. The molecule has 2 rings (SSSR count). The van der Waals surface area contributed by atoms with Gasteiger partial charge in [-0.1, -0.05) is 25.8 Å². The van der Waals surface area contributed by atoms with Gasteiger partial charge in [0.15, 0.2) is 0 Å². The number of nitrogens with zero attached hydrogens (tertiary/aromatic N) is 2. The van der Waals surface area contributed by atoms with Crippen LogP contribution in [-0.4, -0.2) is 16.1 Å². The maximum absolute atomic E-state index is 4.39. The predicted octanol–water partition coefficient (Wildman–Crippen LogP) is 4.01. The fourth-order valence-corrected chi connectivity index (χ4v) is 3.03. The average Bonchev–Trinajstić information content (AvgIpc) is 2.86. The Morgan fingerprint density at radius 1 is 1.44 bits per heavy atom. The Balaban J connectivity index is 1.92. The third-order valence-electron chi connectivity index (χ3n) is 3.98. The fraction of sp³-hybridized carbons (Fsp3) is 0.667. The molecule has 1 saturated carbocycles. The summed E-state index contributed by atoms with van der Waals surface area (Å²) < 4.78 is 2.31. The molecule has 0 spiro atoms. The zero-order valence-electron chi connectivity index (χ0n) is 11.4. The van der Waals surface area contributed by atoms with Crippen LogP contribution in [0.5, 0.6) is 0 Å². The number of hydrogen-bond donors (Lipinski definition) is 1. The van der Waals surface area contributed by atoms with Gasteiger partial charge in [-0.15, -0.1) is 6.58 Å². The molecule has 1 aromatic heterocycles. The van der Waals surface area contributed by atoms with E-state index in [1.54, 1.807) is 0 Å². The summed E-state index contributed by atoms with van der Waals surface area (Å²) in [4.78, 5) is 4.39.